The lowest BCUT2D eigenvalue weighted by Crippen LogP contribution is -2.07. The summed E-state index contributed by atoms with van der Waals surface area (Å²) in [7, 11) is 1.35. The largest absolute Gasteiger partial charge is 0.465 e. The highest BCUT2D eigenvalue weighted by atomic mass is 32.1. The number of carbonyl (C=O) groups is 1. The first-order valence-electron chi connectivity index (χ1n) is 6.06. The maximum absolute atomic E-state index is 12.0. The number of thiazole rings is 1. The molecule has 0 spiro atoms. The van der Waals surface area contributed by atoms with Crippen LogP contribution in [0.5, 0.6) is 0 Å². The van der Waals surface area contributed by atoms with Gasteiger partial charge in [0.1, 0.15) is 11.4 Å². The lowest BCUT2D eigenvalue weighted by molar-refractivity contribution is 0.0601. The summed E-state index contributed by atoms with van der Waals surface area (Å²) in [6.45, 7) is 0. The van der Waals surface area contributed by atoms with Crippen molar-refractivity contribution in [2.24, 2.45) is 0 Å². The highest BCUT2D eigenvalue weighted by Gasteiger charge is 2.16. The van der Waals surface area contributed by atoms with Crippen LogP contribution in [0.15, 0.2) is 41.4 Å². The molecule has 7 heteroatoms. The Hall–Kier alpha value is -2.25. The second-order valence-corrected chi connectivity index (χ2v) is 5.89. The van der Waals surface area contributed by atoms with E-state index in [1.807, 2.05) is 22.9 Å². The average Bonchev–Trinajstić information content (AvgIpc) is 3.20. The Morgan fingerprint density at radius 2 is 2.19 bits per heavy atom. The molecule has 0 saturated carbocycles. The Morgan fingerprint density at radius 3 is 2.86 bits per heavy atom. The summed E-state index contributed by atoms with van der Waals surface area (Å²) in [4.78, 5) is 21.5. The third-order valence-corrected chi connectivity index (χ3v) is 4.36. The lowest BCUT2D eigenvalue weighted by Gasteiger charge is -2.09. The lowest BCUT2D eigenvalue weighted by atomic mass is 10.1. The van der Waals surface area contributed by atoms with Gasteiger partial charge in [-0.2, -0.15) is 0 Å². The zero-order valence-corrected chi connectivity index (χ0v) is 12.7. The van der Waals surface area contributed by atoms with Gasteiger partial charge in [-0.3, -0.25) is 0 Å². The quantitative estimate of drug-likeness (QED) is 0.742. The molecule has 0 saturated heterocycles. The van der Waals surface area contributed by atoms with E-state index < -0.39 is 5.97 Å². The van der Waals surface area contributed by atoms with E-state index in [-0.39, 0.29) is 0 Å². The van der Waals surface area contributed by atoms with Crippen molar-refractivity contribution in [3.05, 3.63) is 46.9 Å². The van der Waals surface area contributed by atoms with E-state index in [2.05, 4.69) is 15.3 Å². The van der Waals surface area contributed by atoms with Gasteiger partial charge in [-0.15, -0.1) is 22.7 Å². The van der Waals surface area contributed by atoms with Crippen LogP contribution in [0.25, 0.3) is 10.4 Å². The minimum absolute atomic E-state index is 0.388. The summed E-state index contributed by atoms with van der Waals surface area (Å²) in [5.41, 5.74) is 1.27. The zero-order chi connectivity index (χ0) is 14.7. The summed E-state index contributed by atoms with van der Waals surface area (Å²) in [5.74, 6) is 0.0112. The second-order valence-electron chi connectivity index (χ2n) is 4.05. The predicted octanol–water partition coefficient (Wildman–Crippen LogP) is 3.80. The molecule has 0 fully saturated rings. The van der Waals surface area contributed by atoms with Crippen LogP contribution in [0.4, 0.5) is 10.9 Å². The maximum Gasteiger partial charge on any atom is 0.341 e. The molecule has 0 aromatic carbocycles. The van der Waals surface area contributed by atoms with Crippen LogP contribution >= 0.6 is 22.7 Å². The standard InChI is InChI=1S/C14H11N3O2S2/c1-19-13(18)10-7-9(11-3-2-5-20-11)8-16-12(10)17-14-15-4-6-21-14/h2-8H,1H3,(H,15,16,17). The summed E-state index contributed by atoms with van der Waals surface area (Å²) in [5, 5.41) is 7.54. The van der Waals surface area contributed by atoms with Gasteiger partial charge in [-0.25, -0.2) is 14.8 Å². The van der Waals surface area contributed by atoms with E-state index >= 15 is 0 Å². The first kappa shape index (κ1) is 13.7. The van der Waals surface area contributed by atoms with Crippen molar-refractivity contribution in [2.45, 2.75) is 0 Å². The molecule has 1 N–H and O–H groups in total. The number of hydrogen-bond acceptors (Lipinski definition) is 7. The van der Waals surface area contributed by atoms with Crippen molar-refractivity contribution < 1.29 is 9.53 Å². The highest BCUT2D eigenvalue weighted by molar-refractivity contribution is 7.13. The first-order valence-corrected chi connectivity index (χ1v) is 7.82. The van der Waals surface area contributed by atoms with Crippen LogP contribution in [0.1, 0.15) is 10.4 Å². The summed E-state index contributed by atoms with van der Waals surface area (Å²) in [6.07, 6.45) is 3.42. The predicted molar refractivity (Wildman–Crippen MR) is 84.3 cm³/mol. The van der Waals surface area contributed by atoms with Crippen molar-refractivity contribution in [2.75, 3.05) is 12.4 Å². The number of rotatable bonds is 4. The van der Waals surface area contributed by atoms with Gasteiger partial charge < -0.3 is 10.1 Å². The number of aromatic nitrogens is 2. The molecule has 0 amide bonds. The number of hydrogen-bond donors (Lipinski definition) is 1. The Morgan fingerprint density at radius 1 is 1.29 bits per heavy atom. The summed E-state index contributed by atoms with van der Waals surface area (Å²) < 4.78 is 4.84. The molecule has 0 aliphatic heterocycles. The molecule has 0 aliphatic rings. The molecule has 21 heavy (non-hydrogen) atoms. The first-order chi connectivity index (χ1) is 10.3. The number of nitrogens with one attached hydrogen (secondary N) is 1. The Balaban J connectivity index is 2.01. The van der Waals surface area contributed by atoms with Crippen molar-refractivity contribution >= 4 is 39.6 Å². The van der Waals surface area contributed by atoms with Crippen LogP contribution in [0.3, 0.4) is 0 Å². The van der Waals surface area contributed by atoms with E-state index in [0.717, 1.165) is 10.4 Å². The van der Waals surface area contributed by atoms with Crippen molar-refractivity contribution in [3.8, 4) is 10.4 Å². The van der Waals surface area contributed by atoms with Crippen LogP contribution in [-0.2, 0) is 4.74 Å². The molecular weight excluding hydrogens is 306 g/mol. The number of carbonyl (C=O) groups excluding carboxylic acids is 1. The highest BCUT2D eigenvalue weighted by Crippen LogP contribution is 2.28. The monoisotopic (exact) mass is 317 g/mol. The van der Waals surface area contributed by atoms with Gasteiger partial charge in [-0.05, 0) is 17.5 Å². The van der Waals surface area contributed by atoms with E-state index in [9.17, 15) is 4.79 Å². The van der Waals surface area contributed by atoms with Crippen molar-refractivity contribution in [1.82, 2.24) is 9.97 Å². The second kappa shape index (κ2) is 6.02. The average molecular weight is 317 g/mol. The van der Waals surface area contributed by atoms with Gasteiger partial charge in [0.2, 0.25) is 0 Å². The SMILES string of the molecule is COC(=O)c1cc(-c2cccs2)cnc1Nc1nccs1. The number of pyridine rings is 1. The molecule has 3 heterocycles. The van der Waals surface area contributed by atoms with Gasteiger partial charge in [-0.1, -0.05) is 6.07 Å². The van der Waals surface area contributed by atoms with E-state index in [1.54, 1.807) is 29.8 Å². The molecule has 5 nitrogen and oxygen atoms in total. The third-order valence-electron chi connectivity index (χ3n) is 2.76. The van der Waals surface area contributed by atoms with E-state index in [4.69, 9.17) is 4.74 Å². The molecule has 3 rings (SSSR count). The van der Waals surface area contributed by atoms with E-state index in [1.165, 1.54) is 18.4 Å². The fraction of sp³-hybridized carbons (Fsp3) is 0.0714. The summed E-state index contributed by atoms with van der Waals surface area (Å²) >= 11 is 3.03. The van der Waals surface area contributed by atoms with Crippen LogP contribution in [0, 0.1) is 0 Å². The van der Waals surface area contributed by atoms with Crippen LogP contribution in [0.2, 0.25) is 0 Å². The molecular formula is C14H11N3O2S2. The molecule has 0 unspecified atom stereocenters. The Labute approximate surface area is 129 Å². The fourth-order valence-electron chi connectivity index (χ4n) is 1.79. The van der Waals surface area contributed by atoms with E-state index in [0.29, 0.717) is 16.5 Å². The molecule has 106 valence electrons. The normalized spacial score (nSPS) is 10.3. The van der Waals surface area contributed by atoms with Gasteiger partial charge in [0.05, 0.1) is 7.11 Å². The molecule has 0 bridgehead atoms. The Bertz CT molecular complexity index is 740. The molecule has 0 radical (unpaired) electrons. The summed E-state index contributed by atoms with van der Waals surface area (Å²) in [6, 6.07) is 5.72. The number of anilines is 2. The number of ether oxygens (including phenoxy) is 1. The smallest absolute Gasteiger partial charge is 0.341 e. The van der Waals surface area contributed by atoms with Crippen LogP contribution < -0.4 is 5.32 Å². The van der Waals surface area contributed by atoms with Crippen molar-refractivity contribution in [3.63, 3.8) is 0 Å². The minimum atomic E-state index is -0.431. The Kier molecular flexibility index (Phi) is 3.94. The van der Waals surface area contributed by atoms with Crippen LogP contribution in [-0.4, -0.2) is 23.0 Å². The number of esters is 1. The fourth-order valence-corrected chi connectivity index (χ4v) is 3.03. The zero-order valence-electron chi connectivity index (χ0n) is 11.1. The molecule has 0 aliphatic carbocycles. The molecule has 0 atom stereocenters. The number of thiophene rings is 1. The van der Waals surface area contributed by atoms with Gasteiger partial charge in [0, 0.05) is 28.2 Å². The molecule has 3 aromatic heterocycles. The number of methoxy groups -OCH3 is 1. The minimum Gasteiger partial charge on any atom is -0.465 e. The molecule has 3 aromatic rings. The van der Waals surface area contributed by atoms with Gasteiger partial charge in [0.25, 0.3) is 0 Å². The van der Waals surface area contributed by atoms with Gasteiger partial charge in [0.15, 0.2) is 5.13 Å². The third kappa shape index (κ3) is 2.93. The maximum atomic E-state index is 12.0. The van der Waals surface area contributed by atoms with Crippen molar-refractivity contribution in [1.29, 1.82) is 0 Å². The topological polar surface area (TPSA) is 64.1 Å². The van der Waals surface area contributed by atoms with Gasteiger partial charge >= 0.3 is 5.97 Å². The number of nitrogens with zero attached hydrogens (tertiary/aromatic N) is 2.